The Balaban J connectivity index is 2.54. The van der Waals surface area contributed by atoms with E-state index in [-0.39, 0.29) is 17.5 Å². The first kappa shape index (κ1) is 10.1. The van der Waals surface area contributed by atoms with E-state index in [1.807, 2.05) is 12.1 Å². The Labute approximate surface area is 87.2 Å². The molecule has 0 bridgehead atoms. The van der Waals surface area contributed by atoms with Crippen molar-refractivity contribution < 1.29 is 8.42 Å². The number of sulfone groups is 1. The predicted molar refractivity (Wildman–Crippen MR) is 57.2 cm³/mol. The van der Waals surface area contributed by atoms with E-state index in [0.717, 1.165) is 0 Å². The van der Waals surface area contributed by atoms with Crippen molar-refractivity contribution in [3.05, 3.63) is 24.3 Å². The van der Waals surface area contributed by atoms with Gasteiger partial charge in [0.05, 0.1) is 16.8 Å². The highest BCUT2D eigenvalue weighted by molar-refractivity contribution is 7.91. The highest BCUT2D eigenvalue weighted by Gasteiger charge is 2.17. The first-order valence-corrected chi connectivity index (χ1v) is 6.16. The van der Waals surface area contributed by atoms with Crippen molar-refractivity contribution in [1.82, 2.24) is 9.97 Å². The number of aromatic nitrogens is 2. The smallest absolute Gasteiger partial charge is 0.226 e. The number of aromatic amines is 1. The fraction of sp³-hybridized carbons (Fsp3) is 0.222. The number of rotatable bonds is 3. The van der Waals surface area contributed by atoms with Crippen molar-refractivity contribution in [2.45, 2.75) is 5.16 Å². The van der Waals surface area contributed by atoms with Crippen LogP contribution in [0.5, 0.6) is 0 Å². The van der Waals surface area contributed by atoms with E-state index in [9.17, 15) is 8.42 Å². The minimum absolute atomic E-state index is 0.00542. The molecule has 0 fully saturated rings. The average Bonchev–Trinajstić information content (AvgIpc) is 2.61. The van der Waals surface area contributed by atoms with Gasteiger partial charge in [-0.05, 0) is 12.1 Å². The number of nitrogens with two attached hydrogens (primary N) is 1. The van der Waals surface area contributed by atoms with Gasteiger partial charge >= 0.3 is 0 Å². The quantitative estimate of drug-likeness (QED) is 0.786. The van der Waals surface area contributed by atoms with Gasteiger partial charge in [-0.25, -0.2) is 13.4 Å². The maximum atomic E-state index is 11.6. The molecule has 0 radical (unpaired) electrons. The molecule has 6 heteroatoms. The molecule has 1 heterocycles. The largest absolute Gasteiger partial charge is 0.329 e. The predicted octanol–water partition coefficient (Wildman–Crippen LogP) is 0.295. The normalized spacial score (nSPS) is 12.1. The van der Waals surface area contributed by atoms with E-state index < -0.39 is 9.84 Å². The number of hydrogen-bond acceptors (Lipinski definition) is 4. The van der Waals surface area contributed by atoms with Crippen LogP contribution in [0, 0.1) is 0 Å². The minimum atomic E-state index is -3.36. The van der Waals surface area contributed by atoms with Crippen molar-refractivity contribution in [2.75, 3.05) is 12.3 Å². The third-order valence-corrected chi connectivity index (χ3v) is 3.60. The van der Waals surface area contributed by atoms with Gasteiger partial charge in [-0.1, -0.05) is 12.1 Å². The number of H-pyrrole nitrogens is 1. The zero-order valence-corrected chi connectivity index (χ0v) is 8.79. The van der Waals surface area contributed by atoms with E-state index in [0.29, 0.717) is 11.0 Å². The number of nitrogens with one attached hydrogen (secondary N) is 1. The van der Waals surface area contributed by atoms with Crippen molar-refractivity contribution in [2.24, 2.45) is 5.73 Å². The molecule has 15 heavy (non-hydrogen) atoms. The third-order valence-electron chi connectivity index (χ3n) is 2.05. The van der Waals surface area contributed by atoms with Crippen molar-refractivity contribution in [1.29, 1.82) is 0 Å². The van der Waals surface area contributed by atoms with Crippen LogP contribution in [-0.2, 0) is 9.84 Å². The number of hydrogen-bond donors (Lipinski definition) is 2. The SMILES string of the molecule is NCCS(=O)(=O)c1nc2ccccc2[nH]1. The van der Waals surface area contributed by atoms with E-state index in [1.165, 1.54) is 0 Å². The summed E-state index contributed by atoms with van der Waals surface area (Å²) in [6.45, 7) is 0.0966. The molecule has 5 nitrogen and oxygen atoms in total. The molecule has 0 amide bonds. The molecule has 1 aromatic heterocycles. The maximum Gasteiger partial charge on any atom is 0.226 e. The van der Waals surface area contributed by atoms with Crippen molar-refractivity contribution in [3.8, 4) is 0 Å². The Morgan fingerprint density at radius 2 is 2.07 bits per heavy atom. The zero-order valence-electron chi connectivity index (χ0n) is 7.97. The molecule has 0 aliphatic heterocycles. The second-order valence-electron chi connectivity index (χ2n) is 3.17. The number of fused-ring (bicyclic) bond motifs is 1. The van der Waals surface area contributed by atoms with Gasteiger partial charge in [-0.15, -0.1) is 0 Å². The highest BCUT2D eigenvalue weighted by atomic mass is 32.2. The Bertz CT molecular complexity index is 541. The molecule has 0 atom stereocenters. The average molecular weight is 225 g/mol. The van der Waals surface area contributed by atoms with Gasteiger partial charge in [-0.3, -0.25) is 0 Å². The van der Waals surface area contributed by atoms with Crippen LogP contribution < -0.4 is 5.73 Å². The van der Waals surface area contributed by atoms with Crippen LogP contribution in [0.25, 0.3) is 11.0 Å². The standard InChI is InChI=1S/C9H11N3O2S/c10-5-6-15(13,14)9-11-7-3-1-2-4-8(7)12-9/h1-4H,5-6,10H2,(H,11,12). The highest BCUT2D eigenvalue weighted by Crippen LogP contribution is 2.14. The van der Waals surface area contributed by atoms with Crippen LogP contribution in [0.4, 0.5) is 0 Å². The molecule has 1 aromatic carbocycles. The summed E-state index contributed by atoms with van der Waals surface area (Å²) < 4.78 is 23.3. The Morgan fingerprint density at radius 1 is 1.33 bits per heavy atom. The summed E-state index contributed by atoms with van der Waals surface area (Å²) in [5.74, 6) is -0.0905. The molecule has 80 valence electrons. The zero-order chi connectivity index (χ0) is 10.9. The Hall–Kier alpha value is -1.40. The van der Waals surface area contributed by atoms with Gasteiger partial charge in [0.25, 0.3) is 0 Å². The van der Waals surface area contributed by atoms with Gasteiger partial charge in [0.1, 0.15) is 0 Å². The maximum absolute atomic E-state index is 11.6. The number of para-hydroxylation sites is 2. The molecule has 3 N–H and O–H groups in total. The van der Waals surface area contributed by atoms with Crippen molar-refractivity contribution >= 4 is 20.9 Å². The van der Waals surface area contributed by atoms with E-state index in [1.54, 1.807) is 12.1 Å². The number of nitrogens with zero attached hydrogens (tertiary/aromatic N) is 1. The van der Waals surface area contributed by atoms with Gasteiger partial charge in [0, 0.05) is 6.54 Å². The first-order chi connectivity index (χ1) is 7.13. The molecule has 2 rings (SSSR count). The molecule has 0 unspecified atom stereocenters. The summed E-state index contributed by atoms with van der Waals surface area (Å²) in [6.07, 6.45) is 0. The fourth-order valence-corrected chi connectivity index (χ4v) is 2.34. The van der Waals surface area contributed by atoms with Crippen LogP contribution in [-0.4, -0.2) is 30.7 Å². The molecular weight excluding hydrogens is 214 g/mol. The summed E-state index contributed by atoms with van der Waals surface area (Å²) in [6, 6.07) is 7.17. The van der Waals surface area contributed by atoms with Gasteiger partial charge in [0.2, 0.25) is 15.0 Å². The summed E-state index contributed by atoms with van der Waals surface area (Å²) in [5, 5.41) is -0.00542. The van der Waals surface area contributed by atoms with E-state index in [4.69, 9.17) is 5.73 Å². The molecule has 0 spiro atoms. The van der Waals surface area contributed by atoms with Crippen LogP contribution in [0.3, 0.4) is 0 Å². The lowest BCUT2D eigenvalue weighted by molar-refractivity contribution is 0.589. The summed E-state index contributed by atoms with van der Waals surface area (Å²) in [4.78, 5) is 6.77. The second-order valence-corrected chi connectivity index (χ2v) is 5.19. The Kier molecular flexibility index (Phi) is 2.45. The fourth-order valence-electron chi connectivity index (χ4n) is 1.33. The summed E-state index contributed by atoms with van der Waals surface area (Å²) in [5.41, 5.74) is 6.59. The van der Waals surface area contributed by atoms with E-state index >= 15 is 0 Å². The summed E-state index contributed by atoms with van der Waals surface area (Å²) >= 11 is 0. The van der Waals surface area contributed by atoms with Crippen LogP contribution >= 0.6 is 0 Å². The van der Waals surface area contributed by atoms with Crippen LogP contribution in [0.2, 0.25) is 0 Å². The van der Waals surface area contributed by atoms with Gasteiger partial charge in [-0.2, -0.15) is 0 Å². The summed E-state index contributed by atoms with van der Waals surface area (Å²) in [7, 11) is -3.36. The van der Waals surface area contributed by atoms with Crippen LogP contribution in [0.15, 0.2) is 29.4 Å². The molecule has 0 saturated heterocycles. The first-order valence-electron chi connectivity index (χ1n) is 4.51. The molecule has 0 aliphatic carbocycles. The van der Waals surface area contributed by atoms with E-state index in [2.05, 4.69) is 9.97 Å². The van der Waals surface area contributed by atoms with Crippen LogP contribution in [0.1, 0.15) is 0 Å². The molecule has 0 aliphatic rings. The van der Waals surface area contributed by atoms with Crippen molar-refractivity contribution in [3.63, 3.8) is 0 Å². The number of benzene rings is 1. The minimum Gasteiger partial charge on any atom is -0.329 e. The monoisotopic (exact) mass is 225 g/mol. The second kappa shape index (κ2) is 3.63. The molecule has 0 saturated carbocycles. The third kappa shape index (κ3) is 1.86. The molecule has 2 aromatic rings. The molecular formula is C9H11N3O2S. The topological polar surface area (TPSA) is 88.8 Å². The lowest BCUT2D eigenvalue weighted by atomic mass is 10.3. The van der Waals surface area contributed by atoms with Gasteiger partial charge in [0.15, 0.2) is 0 Å². The number of imidazole rings is 1. The lowest BCUT2D eigenvalue weighted by Gasteiger charge is -1.95. The van der Waals surface area contributed by atoms with Gasteiger partial charge < -0.3 is 10.7 Å². The lowest BCUT2D eigenvalue weighted by Crippen LogP contribution is -2.16. The Morgan fingerprint density at radius 3 is 2.73 bits per heavy atom.